The molecule has 1 aromatic carbocycles. The number of nitrogens with one attached hydrogen (secondary N) is 1. The predicted molar refractivity (Wildman–Crippen MR) is 52.2 cm³/mol. The molecular weight excluding hydrogens is 162 g/mol. The standard InChI is InChI=1S/C11H11NO/c1-7(2)10-8-5-3-4-6-9(8)11(13)12-10/h3-6H,1-2H3,(H,12,13). The van der Waals surface area contributed by atoms with Crippen molar-refractivity contribution in [1.29, 1.82) is 0 Å². The maximum Gasteiger partial charge on any atom is 0.256 e. The van der Waals surface area contributed by atoms with Gasteiger partial charge in [0.05, 0.1) is 0 Å². The number of amides is 1. The quantitative estimate of drug-likeness (QED) is 0.640. The number of hydrogen-bond donors (Lipinski definition) is 1. The molecule has 1 heterocycles. The Morgan fingerprint density at radius 3 is 2.38 bits per heavy atom. The summed E-state index contributed by atoms with van der Waals surface area (Å²) in [7, 11) is 0. The smallest absolute Gasteiger partial charge is 0.256 e. The monoisotopic (exact) mass is 173 g/mol. The molecule has 1 aliphatic rings. The third-order valence-electron chi connectivity index (χ3n) is 2.18. The number of benzene rings is 1. The Bertz CT molecular complexity index is 400. The second-order valence-corrected chi connectivity index (χ2v) is 3.37. The first-order valence-corrected chi connectivity index (χ1v) is 4.28. The van der Waals surface area contributed by atoms with Gasteiger partial charge in [-0.2, -0.15) is 0 Å². The van der Waals surface area contributed by atoms with E-state index in [2.05, 4.69) is 5.32 Å². The number of fused-ring (bicyclic) bond motifs is 1. The molecule has 2 nitrogen and oxygen atoms in total. The van der Waals surface area contributed by atoms with Gasteiger partial charge in [-0.15, -0.1) is 0 Å². The Kier molecular flexibility index (Phi) is 1.69. The minimum absolute atomic E-state index is 0.00630. The van der Waals surface area contributed by atoms with E-state index in [0.29, 0.717) is 0 Å². The Morgan fingerprint density at radius 1 is 1.15 bits per heavy atom. The van der Waals surface area contributed by atoms with E-state index in [1.807, 2.05) is 38.1 Å². The van der Waals surface area contributed by atoms with Crippen molar-refractivity contribution in [2.45, 2.75) is 13.8 Å². The van der Waals surface area contributed by atoms with Crippen molar-refractivity contribution in [1.82, 2.24) is 5.32 Å². The molecular formula is C11H11NO. The largest absolute Gasteiger partial charge is 0.321 e. The van der Waals surface area contributed by atoms with Crippen LogP contribution >= 0.6 is 0 Å². The van der Waals surface area contributed by atoms with Gasteiger partial charge in [-0.25, -0.2) is 0 Å². The summed E-state index contributed by atoms with van der Waals surface area (Å²) in [6, 6.07) is 7.64. The van der Waals surface area contributed by atoms with Gasteiger partial charge in [0.2, 0.25) is 0 Å². The summed E-state index contributed by atoms with van der Waals surface area (Å²) in [5.41, 5.74) is 3.89. The normalized spacial score (nSPS) is 14.0. The third kappa shape index (κ3) is 1.15. The third-order valence-corrected chi connectivity index (χ3v) is 2.18. The lowest BCUT2D eigenvalue weighted by Crippen LogP contribution is -2.12. The summed E-state index contributed by atoms with van der Waals surface area (Å²) >= 11 is 0. The van der Waals surface area contributed by atoms with Crippen molar-refractivity contribution in [2.24, 2.45) is 0 Å². The predicted octanol–water partition coefficient (Wildman–Crippen LogP) is 2.18. The maximum absolute atomic E-state index is 11.4. The zero-order valence-corrected chi connectivity index (χ0v) is 7.72. The molecule has 1 N–H and O–H groups in total. The lowest BCUT2D eigenvalue weighted by atomic mass is 10.1. The van der Waals surface area contributed by atoms with Crippen LogP contribution in [0.3, 0.4) is 0 Å². The van der Waals surface area contributed by atoms with Crippen LogP contribution in [0.25, 0.3) is 5.70 Å². The van der Waals surface area contributed by atoms with Gasteiger partial charge in [0.15, 0.2) is 0 Å². The SMILES string of the molecule is CC(C)=C1NC(=O)c2ccccc21. The first-order chi connectivity index (χ1) is 6.20. The minimum atomic E-state index is 0.00630. The van der Waals surface area contributed by atoms with Crippen molar-refractivity contribution in [3.05, 3.63) is 41.0 Å². The Labute approximate surface area is 77.3 Å². The summed E-state index contributed by atoms with van der Waals surface area (Å²) < 4.78 is 0. The summed E-state index contributed by atoms with van der Waals surface area (Å²) in [6.45, 7) is 4.00. The van der Waals surface area contributed by atoms with Crippen LogP contribution in [0.1, 0.15) is 29.8 Å². The zero-order valence-electron chi connectivity index (χ0n) is 7.72. The fourth-order valence-corrected chi connectivity index (χ4v) is 1.54. The van der Waals surface area contributed by atoms with Gasteiger partial charge in [-0.1, -0.05) is 23.8 Å². The van der Waals surface area contributed by atoms with Crippen LogP contribution in [0.2, 0.25) is 0 Å². The molecule has 66 valence electrons. The van der Waals surface area contributed by atoms with E-state index < -0.39 is 0 Å². The molecule has 1 aliphatic heterocycles. The molecule has 0 fully saturated rings. The van der Waals surface area contributed by atoms with E-state index in [0.717, 1.165) is 22.4 Å². The second kappa shape index (κ2) is 2.73. The van der Waals surface area contributed by atoms with Crippen LogP contribution in [0, 0.1) is 0 Å². The molecule has 0 saturated carbocycles. The highest BCUT2D eigenvalue weighted by molar-refractivity contribution is 6.09. The van der Waals surface area contributed by atoms with E-state index in [-0.39, 0.29) is 5.91 Å². The van der Waals surface area contributed by atoms with Crippen LogP contribution in [0.5, 0.6) is 0 Å². The van der Waals surface area contributed by atoms with Gasteiger partial charge in [0.25, 0.3) is 5.91 Å². The Hall–Kier alpha value is -1.57. The fraction of sp³-hybridized carbons (Fsp3) is 0.182. The van der Waals surface area contributed by atoms with Gasteiger partial charge < -0.3 is 5.32 Å². The van der Waals surface area contributed by atoms with Crippen molar-refractivity contribution >= 4 is 11.6 Å². The fourth-order valence-electron chi connectivity index (χ4n) is 1.54. The van der Waals surface area contributed by atoms with Gasteiger partial charge in [-0.05, 0) is 19.9 Å². The van der Waals surface area contributed by atoms with E-state index in [1.165, 1.54) is 0 Å². The van der Waals surface area contributed by atoms with Crippen molar-refractivity contribution in [3.63, 3.8) is 0 Å². The van der Waals surface area contributed by atoms with Crippen LogP contribution in [-0.4, -0.2) is 5.91 Å². The van der Waals surface area contributed by atoms with Gasteiger partial charge in [0, 0.05) is 16.8 Å². The molecule has 2 heteroatoms. The molecule has 0 radical (unpaired) electrons. The zero-order chi connectivity index (χ0) is 9.42. The number of allylic oxidation sites excluding steroid dienone is 1. The topological polar surface area (TPSA) is 29.1 Å². The van der Waals surface area contributed by atoms with Crippen LogP contribution < -0.4 is 5.32 Å². The first kappa shape index (κ1) is 8.05. The second-order valence-electron chi connectivity index (χ2n) is 3.37. The number of carbonyl (C=O) groups excluding carboxylic acids is 1. The molecule has 1 aromatic rings. The van der Waals surface area contributed by atoms with Gasteiger partial charge >= 0.3 is 0 Å². The molecule has 0 atom stereocenters. The van der Waals surface area contributed by atoms with Crippen molar-refractivity contribution in [3.8, 4) is 0 Å². The van der Waals surface area contributed by atoms with Crippen LogP contribution in [0.15, 0.2) is 29.8 Å². The van der Waals surface area contributed by atoms with Crippen LogP contribution in [-0.2, 0) is 0 Å². The molecule has 0 bridgehead atoms. The number of rotatable bonds is 0. The summed E-state index contributed by atoms with van der Waals surface area (Å²) in [5, 5.41) is 2.86. The molecule has 0 aliphatic carbocycles. The summed E-state index contributed by atoms with van der Waals surface area (Å²) in [5.74, 6) is 0.00630. The van der Waals surface area contributed by atoms with Crippen molar-refractivity contribution in [2.75, 3.05) is 0 Å². The van der Waals surface area contributed by atoms with Gasteiger partial charge in [0.1, 0.15) is 0 Å². The number of hydrogen-bond acceptors (Lipinski definition) is 1. The molecule has 0 spiro atoms. The highest BCUT2D eigenvalue weighted by Gasteiger charge is 2.22. The van der Waals surface area contributed by atoms with Gasteiger partial charge in [-0.3, -0.25) is 4.79 Å². The van der Waals surface area contributed by atoms with E-state index in [9.17, 15) is 4.79 Å². The molecule has 2 rings (SSSR count). The highest BCUT2D eigenvalue weighted by Crippen LogP contribution is 2.25. The molecule has 0 aromatic heterocycles. The Balaban J connectivity index is 2.67. The molecule has 1 amide bonds. The van der Waals surface area contributed by atoms with Crippen LogP contribution in [0.4, 0.5) is 0 Å². The minimum Gasteiger partial charge on any atom is -0.321 e. The van der Waals surface area contributed by atoms with E-state index in [1.54, 1.807) is 0 Å². The lowest BCUT2D eigenvalue weighted by Gasteiger charge is -2.00. The molecule has 0 saturated heterocycles. The average Bonchev–Trinajstić information content (AvgIpc) is 2.45. The summed E-state index contributed by atoms with van der Waals surface area (Å²) in [6.07, 6.45) is 0. The number of carbonyl (C=O) groups is 1. The maximum atomic E-state index is 11.4. The average molecular weight is 173 g/mol. The van der Waals surface area contributed by atoms with E-state index in [4.69, 9.17) is 0 Å². The Morgan fingerprint density at radius 2 is 1.77 bits per heavy atom. The molecule has 0 unspecified atom stereocenters. The van der Waals surface area contributed by atoms with Crippen molar-refractivity contribution < 1.29 is 4.79 Å². The molecule has 13 heavy (non-hydrogen) atoms. The highest BCUT2D eigenvalue weighted by atomic mass is 16.1. The lowest BCUT2D eigenvalue weighted by molar-refractivity contribution is 0.0981. The van der Waals surface area contributed by atoms with E-state index >= 15 is 0 Å². The first-order valence-electron chi connectivity index (χ1n) is 4.28. The summed E-state index contributed by atoms with van der Waals surface area (Å²) in [4.78, 5) is 11.4.